The Kier molecular flexibility index (Phi) is 3.70. The second kappa shape index (κ2) is 5.07. The van der Waals surface area contributed by atoms with Crippen molar-refractivity contribution in [2.24, 2.45) is 0 Å². The van der Waals surface area contributed by atoms with Gasteiger partial charge in [-0.25, -0.2) is 4.39 Å². The molecular formula is C14H11Cl2F. The van der Waals surface area contributed by atoms with Crippen molar-refractivity contribution in [2.75, 3.05) is 0 Å². The highest BCUT2D eigenvalue weighted by atomic mass is 35.5. The predicted molar refractivity (Wildman–Crippen MR) is 70.3 cm³/mol. The molecule has 2 aromatic rings. The summed E-state index contributed by atoms with van der Waals surface area (Å²) in [5.41, 5.74) is 2.41. The summed E-state index contributed by atoms with van der Waals surface area (Å²) in [6, 6.07) is 12.6. The zero-order valence-electron chi connectivity index (χ0n) is 9.25. The first kappa shape index (κ1) is 12.4. The molecule has 1 atom stereocenters. The Bertz CT molecular complexity index is 520. The van der Waals surface area contributed by atoms with Gasteiger partial charge in [0.2, 0.25) is 0 Å². The summed E-state index contributed by atoms with van der Waals surface area (Å²) >= 11 is 12.0. The third kappa shape index (κ3) is 2.62. The van der Waals surface area contributed by atoms with E-state index in [1.165, 1.54) is 6.07 Å². The van der Waals surface area contributed by atoms with Crippen LogP contribution in [0.4, 0.5) is 4.39 Å². The molecule has 2 rings (SSSR count). The minimum absolute atomic E-state index is 0.0975. The van der Waals surface area contributed by atoms with Gasteiger partial charge in [0.15, 0.2) is 0 Å². The number of rotatable bonds is 2. The third-order valence-electron chi connectivity index (χ3n) is 2.62. The first-order chi connectivity index (χ1) is 8.09. The molecule has 88 valence electrons. The van der Waals surface area contributed by atoms with Crippen LogP contribution in [0.15, 0.2) is 42.5 Å². The average molecular weight is 269 g/mol. The Labute approximate surface area is 110 Å². The average Bonchev–Trinajstić information content (AvgIpc) is 2.33. The van der Waals surface area contributed by atoms with Crippen LogP contribution in [0.1, 0.15) is 22.1 Å². The Morgan fingerprint density at radius 3 is 2.35 bits per heavy atom. The van der Waals surface area contributed by atoms with Crippen molar-refractivity contribution in [3.63, 3.8) is 0 Å². The van der Waals surface area contributed by atoms with Crippen molar-refractivity contribution in [3.8, 4) is 0 Å². The molecule has 0 amide bonds. The number of aryl methyl sites for hydroxylation is 1. The normalized spacial score (nSPS) is 12.5. The van der Waals surface area contributed by atoms with E-state index in [2.05, 4.69) is 0 Å². The quantitative estimate of drug-likeness (QED) is 0.664. The van der Waals surface area contributed by atoms with Gasteiger partial charge in [-0.3, -0.25) is 0 Å². The van der Waals surface area contributed by atoms with Gasteiger partial charge in [0.25, 0.3) is 0 Å². The Morgan fingerprint density at radius 1 is 1.06 bits per heavy atom. The Balaban J connectivity index is 2.40. The molecule has 1 unspecified atom stereocenters. The van der Waals surface area contributed by atoms with E-state index in [0.717, 1.165) is 11.1 Å². The van der Waals surface area contributed by atoms with E-state index in [1.54, 1.807) is 12.1 Å². The van der Waals surface area contributed by atoms with Gasteiger partial charge in [-0.1, -0.05) is 53.6 Å². The van der Waals surface area contributed by atoms with E-state index in [1.807, 2.05) is 31.2 Å². The van der Waals surface area contributed by atoms with Gasteiger partial charge in [-0.2, -0.15) is 0 Å². The molecule has 17 heavy (non-hydrogen) atoms. The molecule has 0 aliphatic rings. The maximum Gasteiger partial charge on any atom is 0.146 e. The van der Waals surface area contributed by atoms with Crippen LogP contribution in [-0.4, -0.2) is 0 Å². The van der Waals surface area contributed by atoms with E-state index in [-0.39, 0.29) is 5.02 Å². The molecule has 0 saturated heterocycles. The first-order valence-corrected chi connectivity index (χ1v) is 6.05. The zero-order chi connectivity index (χ0) is 12.4. The smallest absolute Gasteiger partial charge is 0.146 e. The van der Waals surface area contributed by atoms with Crippen LogP contribution in [0.2, 0.25) is 5.02 Å². The van der Waals surface area contributed by atoms with E-state index < -0.39 is 11.2 Å². The van der Waals surface area contributed by atoms with E-state index in [0.29, 0.717) is 5.56 Å². The molecule has 0 spiro atoms. The van der Waals surface area contributed by atoms with E-state index in [4.69, 9.17) is 23.2 Å². The molecule has 0 N–H and O–H groups in total. The van der Waals surface area contributed by atoms with E-state index in [9.17, 15) is 4.39 Å². The standard InChI is InChI=1S/C14H11Cl2F/c1-9-5-7-10(8-6-9)13(16)11-3-2-4-12(15)14(11)17/h2-8,13H,1H3. The monoisotopic (exact) mass is 268 g/mol. The molecule has 0 aliphatic heterocycles. The van der Waals surface area contributed by atoms with Crippen molar-refractivity contribution >= 4 is 23.2 Å². The van der Waals surface area contributed by atoms with Crippen LogP contribution in [0.25, 0.3) is 0 Å². The highest BCUT2D eigenvalue weighted by molar-refractivity contribution is 6.31. The molecule has 0 fully saturated rings. The molecule has 0 saturated carbocycles. The number of hydrogen-bond donors (Lipinski definition) is 0. The van der Waals surface area contributed by atoms with Crippen LogP contribution < -0.4 is 0 Å². The molecule has 0 aromatic heterocycles. The molecule has 0 bridgehead atoms. The van der Waals surface area contributed by atoms with E-state index >= 15 is 0 Å². The first-order valence-electron chi connectivity index (χ1n) is 5.24. The Hall–Kier alpha value is -1.05. The summed E-state index contributed by atoms with van der Waals surface area (Å²) in [4.78, 5) is 0. The molecule has 3 heteroatoms. The maximum atomic E-state index is 13.8. The SMILES string of the molecule is Cc1ccc(C(Cl)c2cccc(Cl)c2F)cc1. The van der Waals surface area contributed by atoms with Crippen molar-refractivity contribution < 1.29 is 4.39 Å². The summed E-state index contributed by atoms with van der Waals surface area (Å²) in [5, 5.41) is -0.422. The summed E-state index contributed by atoms with van der Waals surface area (Å²) in [6.07, 6.45) is 0. The van der Waals surface area contributed by atoms with Crippen molar-refractivity contribution in [2.45, 2.75) is 12.3 Å². The van der Waals surface area contributed by atoms with Crippen LogP contribution in [-0.2, 0) is 0 Å². The van der Waals surface area contributed by atoms with Crippen LogP contribution in [0.5, 0.6) is 0 Å². The minimum atomic E-state index is -0.519. The number of benzene rings is 2. The second-order valence-electron chi connectivity index (χ2n) is 3.92. The lowest BCUT2D eigenvalue weighted by atomic mass is 10.0. The Morgan fingerprint density at radius 2 is 1.71 bits per heavy atom. The molecule has 2 aromatic carbocycles. The van der Waals surface area contributed by atoms with Gasteiger partial charge in [0.05, 0.1) is 10.4 Å². The highest BCUT2D eigenvalue weighted by Crippen LogP contribution is 2.32. The predicted octanol–water partition coefficient (Wildman–Crippen LogP) is 5.12. The van der Waals surface area contributed by atoms with Crippen LogP contribution in [0.3, 0.4) is 0 Å². The van der Waals surface area contributed by atoms with Gasteiger partial charge in [0.1, 0.15) is 5.82 Å². The fourth-order valence-corrected chi connectivity index (χ4v) is 2.13. The van der Waals surface area contributed by atoms with Gasteiger partial charge in [0, 0.05) is 5.56 Å². The molecular weight excluding hydrogens is 258 g/mol. The number of hydrogen-bond acceptors (Lipinski definition) is 0. The number of halogens is 3. The van der Waals surface area contributed by atoms with Crippen molar-refractivity contribution in [3.05, 3.63) is 70.0 Å². The lowest BCUT2D eigenvalue weighted by molar-refractivity contribution is 0.613. The maximum absolute atomic E-state index is 13.8. The van der Waals surface area contributed by atoms with Gasteiger partial charge in [-0.05, 0) is 18.6 Å². The zero-order valence-corrected chi connectivity index (χ0v) is 10.8. The van der Waals surface area contributed by atoms with Crippen molar-refractivity contribution in [1.29, 1.82) is 0 Å². The van der Waals surface area contributed by atoms with Gasteiger partial charge in [-0.15, -0.1) is 11.6 Å². The topological polar surface area (TPSA) is 0 Å². The second-order valence-corrected chi connectivity index (χ2v) is 4.76. The molecule has 0 aliphatic carbocycles. The van der Waals surface area contributed by atoms with Crippen molar-refractivity contribution in [1.82, 2.24) is 0 Å². The van der Waals surface area contributed by atoms with Gasteiger partial charge < -0.3 is 0 Å². The lowest BCUT2D eigenvalue weighted by Gasteiger charge is -2.12. The molecule has 0 heterocycles. The lowest BCUT2D eigenvalue weighted by Crippen LogP contribution is -1.97. The fourth-order valence-electron chi connectivity index (χ4n) is 1.63. The van der Waals surface area contributed by atoms with Crippen LogP contribution in [0, 0.1) is 12.7 Å². The summed E-state index contributed by atoms with van der Waals surface area (Å²) in [7, 11) is 0. The highest BCUT2D eigenvalue weighted by Gasteiger charge is 2.16. The van der Waals surface area contributed by atoms with Crippen LogP contribution >= 0.6 is 23.2 Å². The molecule has 0 radical (unpaired) electrons. The minimum Gasteiger partial charge on any atom is -0.205 e. The largest absolute Gasteiger partial charge is 0.205 e. The fraction of sp³-hybridized carbons (Fsp3) is 0.143. The number of alkyl halides is 1. The van der Waals surface area contributed by atoms with Gasteiger partial charge >= 0.3 is 0 Å². The summed E-state index contributed by atoms with van der Waals surface area (Å²) in [5.74, 6) is -0.449. The summed E-state index contributed by atoms with van der Waals surface area (Å²) in [6.45, 7) is 1.99. The molecule has 0 nitrogen and oxygen atoms in total. The third-order valence-corrected chi connectivity index (χ3v) is 3.40. The summed E-state index contributed by atoms with van der Waals surface area (Å²) < 4.78 is 13.8.